The van der Waals surface area contributed by atoms with Crippen LogP contribution in [-0.4, -0.2) is 82.8 Å². The Labute approximate surface area is 215 Å². The molecule has 2 aliphatic rings. The predicted molar refractivity (Wildman–Crippen MR) is 140 cm³/mol. The molecule has 1 saturated heterocycles. The number of morpholine rings is 1. The van der Waals surface area contributed by atoms with Gasteiger partial charge in [0.15, 0.2) is 0 Å². The Bertz CT molecular complexity index is 1200. The second-order valence-corrected chi connectivity index (χ2v) is 10.0. The van der Waals surface area contributed by atoms with Crippen molar-refractivity contribution in [2.45, 2.75) is 12.5 Å². The zero-order valence-corrected chi connectivity index (χ0v) is 21.3. The van der Waals surface area contributed by atoms with Gasteiger partial charge in [0.2, 0.25) is 0 Å². The molecule has 5 rings (SSSR count). The van der Waals surface area contributed by atoms with Crippen molar-refractivity contribution >= 4 is 28.9 Å². The molecule has 0 saturated carbocycles. The number of thiophene rings is 1. The van der Waals surface area contributed by atoms with Crippen molar-refractivity contribution in [3.05, 3.63) is 82.3 Å². The van der Waals surface area contributed by atoms with Crippen LogP contribution >= 0.6 is 11.3 Å². The number of nitrogens with zero attached hydrogens (tertiary/aromatic N) is 5. The van der Waals surface area contributed by atoms with Crippen LogP contribution in [0.2, 0.25) is 0 Å². The first-order valence-corrected chi connectivity index (χ1v) is 13.2. The van der Waals surface area contributed by atoms with E-state index in [4.69, 9.17) is 9.84 Å². The lowest BCUT2D eigenvalue weighted by Crippen LogP contribution is -2.46. The molecule has 9 heteroatoms. The maximum atomic E-state index is 13.8. The minimum Gasteiger partial charge on any atom is -0.379 e. The fraction of sp³-hybridized carbons (Fsp3) is 0.370. The average molecular weight is 506 g/mol. The highest BCUT2D eigenvalue weighted by molar-refractivity contribution is 7.12. The van der Waals surface area contributed by atoms with Crippen LogP contribution in [0.5, 0.6) is 0 Å². The maximum Gasteiger partial charge on any atom is 0.264 e. The summed E-state index contributed by atoms with van der Waals surface area (Å²) in [5.74, 6) is -0.298. The third-order valence-corrected chi connectivity index (χ3v) is 7.58. The Morgan fingerprint density at radius 1 is 1.08 bits per heavy atom. The first-order chi connectivity index (χ1) is 17.6. The molecule has 1 aromatic carbocycles. The standard InChI is InChI=1S/C27H31N5O3S/c1-29-11-5-9-23(29)22-19-24(21-7-3-2-4-8-21)32(28-22)26(33)20-31(27(34)25-10-6-18-36-25)13-12-30-14-16-35-17-15-30/h2-11,18,24H,12-17,19-20H2,1H3/t24-/m0/s1. The molecule has 1 fully saturated rings. The molecular formula is C27H31N5O3S. The molecule has 2 aromatic heterocycles. The third kappa shape index (κ3) is 5.43. The van der Waals surface area contributed by atoms with E-state index in [9.17, 15) is 9.59 Å². The highest BCUT2D eigenvalue weighted by Crippen LogP contribution is 2.33. The quantitative estimate of drug-likeness (QED) is 0.471. The summed E-state index contributed by atoms with van der Waals surface area (Å²) in [6.45, 7) is 4.22. The number of hydrogen-bond acceptors (Lipinski definition) is 6. The van der Waals surface area contributed by atoms with Gasteiger partial charge >= 0.3 is 0 Å². The van der Waals surface area contributed by atoms with Crippen molar-refractivity contribution in [1.82, 2.24) is 19.4 Å². The molecule has 0 unspecified atom stereocenters. The van der Waals surface area contributed by atoms with Gasteiger partial charge in [0.25, 0.3) is 11.8 Å². The smallest absolute Gasteiger partial charge is 0.264 e. The van der Waals surface area contributed by atoms with Gasteiger partial charge in [-0.3, -0.25) is 14.5 Å². The molecule has 0 N–H and O–H groups in total. The highest BCUT2D eigenvalue weighted by atomic mass is 32.1. The molecule has 2 aliphatic heterocycles. The van der Waals surface area contributed by atoms with Crippen LogP contribution in [0, 0.1) is 0 Å². The van der Waals surface area contributed by atoms with Gasteiger partial charge in [-0.25, -0.2) is 5.01 Å². The van der Waals surface area contributed by atoms with Gasteiger partial charge in [-0.05, 0) is 29.1 Å². The van der Waals surface area contributed by atoms with Crippen molar-refractivity contribution in [3.8, 4) is 0 Å². The number of carbonyl (C=O) groups is 2. The van der Waals surface area contributed by atoms with Gasteiger partial charge in [-0.1, -0.05) is 36.4 Å². The van der Waals surface area contributed by atoms with Crippen LogP contribution in [0.3, 0.4) is 0 Å². The SMILES string of the molecule is Cn1cccc1C1=NN(C(=O)CN(CCN2CCOCC2)C(=O)c2cccs2)[C@H](c2ccccc2)C1. The van der Waals surface area contributed by atoms with Gasteiger partial charge in [0.05, 0.1) is 35.5 Å². The molecule has 0 bridgehead atoms. The van der Waals surface area contributed by atoms with E-state index in [1.165, 1.54) is 11.3 Å². The number of rotatable bonds is 8. The monoisotopic (exact) mass is 505 g/mol. The molecule has 0 radical (unpaired) electrons. The van der Waals surface area contributed by atoms with E-state index in [-0.39, 0.29) is 24.4 Å². The molecule has 36 heavy (non-hydrogen) atoms. The van der Waals surface area contributed by atoms with Crippen molar-refractivity contribution < 1.29 is 14.3 Å². The molecule has 4 heterocycles. The second kappa shape index (κ2) is 11.2. The summed E-state index contributed by atoms with van der Waals surface area (Å²) in [4.78, 5) is 31.7. The van der Waals surface area contributed by atoms with Crippen LogP contribution in [-0.2, 0) is 16.6 Å². The molecular weight excluding hydrogens is 474 g/mol. The molecule has 2 amide bonds. The molecule has 0 spiro atoms. The third-order valence-electron chi connectivity index (χ3n) is 6.72. The first kappa shape index (κ1) is 24.4. The topological polar surface area (TPSA) is 70.4 Å². The lowest BCUT2D eigenvalue weighted by molar-refractivity contribution is -0.133. The van der Waals surface area contributed by atoms with Gasteiger partial charge in [-0.15, -0.1) is 11.3 Å². The summed E-state index contributed by atoms with van der Waals surface area (Å²) < 4.78 is 7.47. The number of aromatic nitrogens is 1. The number of hydrazone groups is 1. The van der Waals surface area contributed by atoms with E-state index in [2.05, 4.69) is 4.90 Å². The summed E-state index contributed by atoms with van der Waals surface area (Å²) in [6.07, 6.45) is 2.60. The predicted octanol–water partition coefficient (Wildman–Crippen LogP) is 3.24. The zero-order chi connectivity index (χ0) is 24.9. The van der Waals surface area contributed by atoms with Crippen molar-refractivity contribution in [3.63, 3.8) is 0 Å². The Morgan fingerprint density at radius 2 is 1.89 bits per heavy atom. The summed E-state index contributed by atoms with van der Waals surface area (Å²) in [7, 11) is 1.98. The van der Waals surface area contributed by atoms with Crippen molar-refractivity contribution in [2.24, 2.45) is 12.1 Å². The van der Waals surface area contributed by atoms with Gasteiger partial charge in [0.1, 0.15) is 6.54 Å². The largest absolute Gasteiger partial charge is 0.379 e. The van der Waals surface area contributed by atoms with Gasteiger partial charge in [-0.2, -0.15) is 5.10 Å². The van der Waals surface area contributed by atoms with Crippen molar-refractivity contribution in [2.75, 3.05) is 45.9 Å². The van der Waals surface area contributed by atoms with Crippen molar-refractivity contribution in [1.29, 1.82) is 0 Å². The molecule has 8 nitrogen and oxygen atoms in total. The summed E-state index contributed by atoms with van der Waals surface area (Å²) >= 11 is 1.40. The number of carbonyl (C=O) groups excluding carboxylic acids is 2. The molecule has 1 atom stereocenters. The Morgan fingerprint density at radius 3 is 2.58 bits per heavy atom. The number of benzene rings is 1. The second-order valence-electron chi connectivity index (χ2n) is 9.08. The molecule has 3 aromatic rings. The van der Waals surface area contributed by atoms with Crippen LogP contribution in [0.4, 0.5) is 0 Å². The van der Waals surface area contributed by atoms with E-state index in [0.717, 1.165) is 30.1 Å². The maximum absolute atomic E-state index is 13.8. The summed E-state index contributed by atoms with van der Waals surface area (Å²) in [5.41, 5.74) is 2.89. The summed E-state index contributed by atoms with van der Waals surface area (Å²) in [5, 5.41) is 8.26. The van der Waals surface area contributed by atoms with E-state index in [0.29, 0.717) is 37.6 Å². The van der Waals surface area contributed by atoms with E-state index < -0.39 is 0 Å². The van der Waals surface area contributed by atoms with E-state index in [1.54, 1.807) is 9.91 Å². The Balaban J connectivity index is 1.38. The number of ether oxygens (including phenoxy) is 1. The van der Waals surface area contributed by atoms with Crippen LogP contribution in [0.15, 0.2) is 71.3 Å². The van der Waals surface area contributed by atoms with Crippen LogP contribution in [0.1, 0.15) is 33.4 Å². The summed E-state index contributed by atoms with van der Waals surface area (Å²) in [6, 6.07) is 17.5. The normalized spacial score (nSPS) is 18.3. The Kier molecular flexibility index (Phi) is 7.60. The average Bonchev–Trinajstić information content (AvgIpc) is 3.68. The fourth-order valence-corrected chi connectivity index (χ4v) is 5.41. The van der Waals surface area contributed by atoms with E-state index in [1.807, 2.05) is 77.8 Å². The minimum absolute atomic E-state index is 0.0195. The van der Waals surface area contributed by atoms with E-state index >= 15 is 0 Å². The number of amides is 2. The number of aryl methyl sites for hydroxylation is 1. The first-order valence-electron chi connectivity index (χ1n) is 12.3. The van der Waals surface area contributed by atoms with Gasteiger partial charge < -0.3 is 14.2 Å². The van der Waals surface area contributed by atoms with Crippen LogP contribution in [0.25, 0.3) is 0 Å². The lowest BCUT2D eigenvalue weighted by atomic mass is 10.0. The Hall–Kier alpha value is -3.27. The number of hydrogen-bond donors (Lipinski definition) is 0. The lowest BCUT2D eigenvalue weighted by Gasteiger charge is -2.31. The van der Waals surface area contributed by atoms with Crippen LogP contribution < -0.4 is 0 Å². The highest BCUT2D eigenvalue weighted by Gasteiger charge is 2.35. The zero-order valence-electron chi connectivity index (χ0n) is 20.5. The van der Waals surface area contributed by atoms with Gasteiger partial charge in [0, 0.05) is 45.8 Å². The minimum atomic E-state index is -0.207. The molecule has 0 aliphatic carbocycles. The fourth-order valence-electron chi connectivity index (χ4n) is 4.72. The molecule has 188 valence electrons.